The summed E-state index contributed by atoms with van der Waals surface area (Å²) in [5.74, 6) is -0.0192. The summed E-state index contributed by atoms with van der Waals surface area (Å²) < 4.78 is 5.52. The maximum absolute atomic E-state index is 12.4. The molecule has 18 heavy (non-hydrogen) atoms. The molecule has 1 saturated heterocycles. The second-order valence-electron chi connectivity index (χ2n) is 4.38. The van der Waals surface area contributed by atoms with Gasteiger partial charge in [-0.2, -0.15) is 0 Å². The van der Waals surface area contributed by atoms with Crippen LogP contribution in [0.15, 0.2) is 18.2 Å². The molecule has 0 saturated carbocycles. The van der Waals surface area contributed by atoms with Crippen molar-refractivity contribution < 1.29 is 9.53 Å². The number of morpholine rings is 1. The van der Waals surface area contributed by atoms with Gasteiger partial charge in [-0.3, -0.25) is 4.79 Å². The predicted molar refractivity (Wildman–Crippen MR) is 75.6 cm³/mol. The van der Waals surface area contributed by atoms with E-state index >= 15 is 0 Å². The summed E-state index contributed by atoms with van der Waals surface area (Å²) >= 11 is 9.50. The fraction of sp³-hybridized carbons (Fsp3) is 0.462. The molecular formula is C13H15BrClNO2. The van der Waals surface area contributed by atoms with Crippen molar-refractivity contribution >= 4 is 33.4 Å². The van der Waals surface area contributed by atoms with Crippen molar-refractivity contribution in [1.29, 1.82) is 0 Å². The van der Waals surface area contributed by atoms with Gasteiger partial charge in [0.05, 0.1) is 23.3 Å². The summed E-state index contributed by atoms with van der Waals surface area (Å²) in [7, 11) is 0. The van der Waals surface area contributed by atoms with Gasteiger partial charge in [0.2, 0.25) is 0 Å². The molecule has 1 heterocycles. The first kappa shape index (κ1) is 13.8. The van der Waals surface area contributed by atoms with Crippen LogP contribution in [-0.4, -0.2) is 41.9 Å². The normalized spacial score (nSPS) is 19.9. The number of carbonyl (C=O) groups excluding carboxylic acids is 1. The first-order valence-electron chi connectivity index (χ1n) is 5.85. The average Bonchev–Trinajstić information content (AvgIpc) is 2.38. The van der Waals surface area contributed by atoms with Crippen LogP contribution in [0, 0.1) is 6.92 Å². The lowest BCUT2D eigenvalue weighted by Gasteiger charge is -2.32. The Hall–Kier alpha value is -0.580. The molecule has 3 nitrogen and oxygen atoms in total. The van der Waals surface area contributed by atoms with E-state index in [-0.39, 0.29) is 12.0 Å². The van der Waals surface area contributed by atoms with Gasteiger partial charge in [0.25, 0.3) is 5.91 Å². The molecule has 0 radical (unpaired) electrons. The number of amides is 1. The van der Waals surface area contributed by atoms with E-state index in [2.05, 4.69) is 15.9 Å². The minimum atomic E-state index is -0.0192. The highest BCUT2D eigenvalue weighted by molar-refractivity contribution is 9.09. The molecule has 1 aromatic rings. The second-order valence-corrected chi connectivity index (χ2v) is 5.44. The molecule has 0 aliphatic carbocycles. The van der Waals surface area contributed by atoms with E-state index < -0.39 is 0 Å². The number of aryl methyl sites for hydroxylation is 1. The van der Waals surface area contributed by atoms with Crippen LogP contribution in [0.1, 0.15) is 15.9 Å². The predicted octanol–water partition coefficient (Wildman–Crippen LogP) is 2.88. The van der Waals surface area contributed by atoms with Crippen LogP contribution < -0.4 is 0 Å². The van der Waals surface area contributed by atoms with E-state index in [9.17, 15) is 4.79 Å². The molecule has 0 bridgehead atoms. The van der Waals surface area contributed by atoms with Crippen molar-refractivity contribution in [2.45, 2.75) is 13.0 Å². The molecule has 0 aromatic heterocycles. The smallest absolute Gasteiger partial charge is 0.255 e. The number of alkyl halides is 1. The van der Waals surface area contributed by atoms with Crippen molar-refractivity contribution in [2.24, 2.45) is 0 Å². The summed E-state index contributed by atoms with van der Waals surface area (Å²) in [5.41, 5.74) is 1.62. The summed E-state index contributed by atoms with van der Waals surface area (Å²) in [5, 5.41) is 1.25. The molecule has 1 aromatic carbocycles. The topological polar surface area (TPSA) is 29.5 Å². The Morgan fingerprint density at radius 2 is 2.39 bits per heavy atom. The molecule has 1 aliphatic rings. The lowest BCUT2D eigenvalue weighted by Crippen LogP contribution is -2.46. The molecule has 1 amide bonds. The molecule has 98 valence electrons. The number of nitrogens with zero attached hydrogens (tertiary/aromatic N) is 1. The van der Waals surface area contributed by atoms with Gasteiger partial charge >= 0.3 is 0 Å². The zero-order chi connectivity index (χ0) is 13.1. The Labute approximate surface area is 120 Å². The lowest BCUT2D eigenvalue weighted by molar-refractivity contribution is -0.00964. The van der Waals surface area contributed by atoms with E-state index in [1.807, 2.05) is 19.1 Å². The fourth-order valence-electron chi connectivity index (χ4n) is 1.96. The summed E-state index contributed by atoms with van der Waals surface area (Å²) in [6.07, 6.45) is 0.0620. The van der Waals surface area contributed by atoms with Gasteiger partial charge in [-0.15, -0.1) is 0 Å². The molecule has 0 N–H and O–H groups in total. The minimum Gasteiger partial charge on any atom is -0.374 e. The zero-order valence-corrected chi connectivity index (χ0v) is 12.5. The zero-order valence-electron chi connectivity index (χ0n) is 10.2. The van der Waals surface area contributed by atoms with Crippen molar-refractivity contribution in [3.05, 3.63) is 34.3 Å². The molecule has 1 unspecified atom stereocenters. The molecular weight excluding hydrogens is 318 g/mol. The molecule has 5 heteroatoms. The quantitative estimate of drug-likeness (QED) is 0.779. The van der Waals surface area contributed by atoms with Gasteiger partial charge in [0, 0.05) is 18.4 Å². The first-order valence-corrected chi connectivity index (χ1v) is 7.34. The molecule has 1 aliphatic heterocycles. The van der Waals surface area contributed by atoms with Crippen LogP contribution in [0.2, 0.25) is 5.02 Å². The number of carbonyl (C=O) groups is 1. The minimum absolute atomic E-state index is 0.0192. The van der Waals surface area contributed by atoms with E-state index in [0.29, 0.717) is 30.3 Å². The summed E-state index contributed by atoms with van der Waals surface area (Å²) in [6, 6.07) is 5.51. The van der Waals surface area contributed by atoms with Crippen LogP contribution in [0.3, 0.4) is 0 Å². The van der Waals surface area contributed by atoms with Crippen LogP contribution in [0.25, 0.3) is 0 Å². The average molecular weight is 333 g/mol. The lowest BCUT2D eigenvalue weighted by atomic mass is 10.1. The highest BCUT2D eigenvalue weighted by atomic mass is 79.9. The van der Waals surface area contributed by atoms with Gasteiger partial charge in [-0.25, -0.2) is 0 Å². The maximum Gasteiger partial charge on any atom is 0.255 e. The fourth-order valence-corrected chi connectivity index (χ4v) is 2.67. The van der Waals surface area contributed by atoms with Gasteiger partial charge < -0.3 is 9.64 Å². The van der Waals surface area contributed by atoms with Crippen molar-refractivity contribution in [3.63, 3.8) is 0 Å². The first-order chi connectivity index (χ1) is 8.61. The van der Waals surface area contributed by atoms with Crippen LogP contribution >= 0.6 is 27.5 Å². The Balaban J connectivity index is 2.15. The number of hydrogen-bond acceptors (Lipinski definition) is 2. The monoisotopic (exact) mass is 331 g/mol. The van der Waals surface area contributed by atoms with E-state index in [1.54, 1.807) is 11.0 Å². The number of halogens is 2. The largest absolute Gasteiger partial charge is 0.374 e. The van der Waals surface area contributed by atoms with Gasteiger partial charge in [-0.05, 0) is 24.6 Å². The number of ether oxygens (including phenoxy) is 1. The third-order valence-electron chi connectivity index (χ3n) is 2.95. The third-order valence-corrected chi connectivity index (χ3v) is 3.99. The van der Waals surface area contributed by atoms with Gasteiger partial charge in [0.1, 0.15) is 0 Å². The van der Waals surface area contributed by atoms with Crippen molar-refractivity contribution in [3.8, 4) is 0 Å². The van der Waals surface area contributed by atoms with Gasteiger partial charge in [0.15, 0.2) is 0 Å². The molecule has 1 atom stereocenters. The Bertz CT molecular complexity index is 453. The number of hydrogen-bond donors (Lipinski definition) is 0. The van der Waals surface area contributed by atoms with E-state index in [1.165, 1.54) is 0 Å². The molecule has 2 rings (SSSR count). The Kier molecular flexibility index (Phi) is 4.65. The second kappa shape index (κ2) is 6.04. The maximum atomic E-state index is 12.4. The molecule has 1 fully saturated rings. The summed E-state index contributed by atoms with van der Waals surface area (Å²) in [6.45, 7) is 3.75. The van der Waals surface area contributed by atoms with Crippen LogP contribution in [0.4, 0.5) is 0 Å². The van der Waals surface area contributed by atoms with E-state index in [4.69, 9.17) is 16.3 Å². The van der Waals surface area contributed by atoms with Crippen LogP contribution in [0.5, 0.6) is 0 Å². The van der Waals surface area contributed by atoms with Crippen LogP contribution in [-0.2, 0) is 4.74 Å². The highest BCUT2D eigenvalue weighted by Gasteiger charge is 2.25. The van der Waals surface area contributed by atoms with Crippen molar-refractivity contribution in [2.75, 3.05) is 25.0 Å². The van der Waals surface area contributed by atoms with Crippen molar-refractivity contribution in [1.82, 2.24) is 4.90 Å². The third kappa shape index (κ3) is 3.05. The number of benzene rings is 1. The highest BCUT2D eigenvalue weighted by Crippen LogP contribution is 2.20. The Morgan fingerprint density at radius 1 is 1.61 bits per heavy atom. The molecule has 0 spiro atoms. The Morgan fingerprint density at radius 3 is 3.06 bits per heavy atom. The van der Waals surface area contributed by atoms with E-state index in [0.717, 1.165) is 10.9 Å². The van der Waals surface area contributed by atoms with Gasteiger partial charge in [-0.1, -0.05) is 33.6 Å². The standard InChI is InChI=1S/C13H15BrClNO2/c1-9-2-3-11(12(15)6-9)13(17)16-4-5-18-10(7-14)8-16/h2-3,6,10H,4-5,7-8H2,1H3. The number of rotatable bonds is 2. The SMILES string of the molecule is Cc1ccc(C(=O)N2CCOC(CBr)C2)c(Cl)c1. The summed E-state index contributed by atoms with van der Waals surface area (Å²) in [4.78, 5) is 14.2.